The molecule has 0 fully saturated rings. The normalized spacial score (nSPS) is 10.7. The Balaban J connectivity index is 1.84. The summed E-state index contributed by atoms with van der Waals surface area (Å²) in [5.74, 6) is 0.0996. The number of carbonyl (C=O) groups excluding carboxylic acids is 1. The summed E-state index contributed by atoms with van der Waals surface area (Å²) in [5, 5.41) is 1.42. The van der Waals surface area contributed by atoms with Gasteiger partial charge in [-0.1, -0.05) is 53.6 Å². The molecular formula is C23H16ClNO2. The third kappa shape index (κ3) is 3.69. The number of aromatic nitrogens is 1. The number of hydrogen-bond acceptors (Lipinski definition) is 3. The van der Waals surface area contributed by atoms with Gasteiger partial charge in [0.25, 0.3) is 0 Å². The lowest BCUT2D eigenvalue weighted by atomic mass is 10.0. The van der Waals surface area contributed by atoms with Gasteiger partial charge in [0.2, 0.25) is 0 Å². The van der Waals surface area contributed by atoms with Gasteiger partial charge in [0.15, 0.2) is 0 Å². The zero-order chi connectivity index (χ0) is 18.8. The zero-order valence-electron chi connectivity index (χ0n) is 14.6. The lowest BCUT2D eigenvalue weighted by Crippen LogP contribution is -2.10. The van der Waals surface area contributed by atoms with Crippen molar-refractivity contribution in [2.45, 2.75) is 6.92 Å². The molecule has 0 aliphatic rings. The van der Waals surface area contributed by atoms with Gasteiger partial charge in [-0.05, 0) is 49.4 Å². The van der Waals surface area contributed by atoms with E-state index < -0.39 is 5.97 Å². The Kier molecular flexibility index (Phi) is 4.61. The van der Waals surface area contributed by atoms with E-state index in [9.17, 15) is 4.79 Å². The topological polar surface area (TPSA) is 39.2 Å². The second kappa shape index (κ2) is 7.22. The van der Waals surface area contributed by atoms with Gasteiger partial charge in [-0.25, -0.2) is 9.78 Å². The molecule has 27 heavy (non-hydrogen) atoms. The minimum absolute atomic E-state index is 0.408. The van der Waals surface area contributed by atoms with E-state index in [1.54, 1.807) is 30.3 Å². The molecule has 0 radical (unpaired) electrons. The van der Waals surface area contributed by atoms with Gasteiger partial charge in [0.1, 0.15) is 5.75 Å². The van der Waals surface area contributed by atoms with E-state index in [0.717, 1.165) is 22.0 Å². The van der Waals surface area contributed by atoms with Gasteiger partial charge in [-0.2, -0.15) is 0 Å². The Bertz CT molecular complexity index is 1120. The van der Waals surface area contributed by atoms with Crippen LogP contribution < -0.4 is 4.74 Å². The largest absolute Gasteiger partial charge is 0.423 e. The summed E-state index contributed by atoms with van der Waals surface area (Å²) in [6.07, 6.45) is 0. The lowest BCUT2D eigenvalue weighted by molar-refractivity contribution is 0.0737. The highest BCUT2D eigenvalue weighted by Gasteiger charge is 2.16. The molecule has 0 aliphatic carbocycles. The van der Waals surface area contributed by atoms with Crippen molar-refractivity contribution in [1.29, 1.82) is 0 Å². The number of rotatable bonds is 3. The molecule has 0 saturated heterocycles. The highest BCUT2D eigenvalue weighted by molar-refractivity contribution is 6.30. The molecule has 0 saturated carbocycles. The van der Waals surface area contributed by atoms with E-state index in [1.165, 1.54) is 0 Å². The molecule has 0 amide bonds. The molecule has 3 nitrogen and oxygen atoms in total. The van der Waals surface area contributed by atoms with Crippen molar-refractivity contribution in [2.24, 2.45) is 0 Å². The van der Waals surface area contributed by atoms with Crippen molar-refractivity contribution in [1.82, 2.24) is 4.98 Å². The van der Waals surface area contributed by atoms with E-state index in [-0.39, 0.29) is 0 Å². The Hall–Kier alpha value is -3.17. The van der Waals surface area contributed by atoms with E-state index >= 15 is 0 Å². The number of pyridine rings is 1. The SMILES string of the molecule is Cc1ccc2nc(-c3ccc(Cl)cc3)cc(C(=O)Oc3ccccc3)c2c1. The first-order valence-corrected chi connectivity index (χ1v) is 8.92. The Morgan fingerprint density at radius 2 is 1.67 bits per heavy atom. The number of hydrogen-bond donors (Lipinski definition) is 0. The number of aryl methyl sites for hydroxylation is 1. The van der Waals surface area contributed by atoms with Crippen molar-refractivity contribution in [3.8, 4) is 17.0 Å². The number of carbonyl (C=O) groups is 1. The third-order valence-corrected chi connectivity index (χ3v) is 4.53. The van der Waals surface area contributed by atoms with E-state index in [0.29, 0.717) is 22.0 Å². The maximum atomic E-state index is 12.9. The van der Waals surface area contributed by atoms with Crippen LogP contribution in [0.4, 0.5) is 0 Å². The van der Waals surface area contributed by atoms with Crippen LogP contribution in [0.3, 0.4) is 0 Å². The molecular weight excluding hydrogens is 358 g/mol. The Labute approximate surface area is 162 Å². The molecule has 0 unspecified atom stereocenters. The molecule has 0 aliphatic heterocycles. The van der Waals surface area contributed by atoms with Crippen molar-refractivity contribution >= 4 is 28.5 Å². The average molecular weight is 374 g/mol. The number of benzene rings is 3. The fraction of sp³-hybridized carbons (Fsp3) is 0.0435. The Morgan fingerprint density at radius 1 is 0.926 bits per heavy atom. The van der Waals surface area contributed by atoms with Gasteiger partial charge >= 0.3 is 5.97 Å². The highest BCUT2D eigenvalue weighted by atomic mass is 35.5. The third-order valence-electron chi connectivity index (χ3n) is 4.28. The van der Waals surface area contributed by atoms with Crippen LogP contribution in [0.1, 0.15) is 15.9 Å². The molecule has 4 rings (SSSR count). The minimum Gasteiger partial charge on any atom is -0.423 e. The number of fused-ring (bicyclic) bond motifs is 1. The second-order valence-electron chi connectivity index (χ2n) is 6.29. The minimum atomic E-state index is -0.408. The van der Waals surface area contributed by atoms with Crippen LogP contribution in [-0.4, -0.2) is 11.0 Å². The number of halogens is 1. The number of ether oxygens (including phenoxy) is 1. The quantitative estimate of drug-likeness (QED) is 0.322. The van der Waals surface area contributed by atoms with Gasteiger partial charge in [-0.15, -0.1) is 0 Å². The van der Waals surface area contributed by atoms with Crippen molar-refractivity contribution in [3.63, 3.8) is 0 Å². The number of nitrogens with zero attached hydrogens (tertiary/aromatic N) is 1. The van der Waals surface area contributed by atoms with Crippen molar-refractivity contribution < 1.29 is 9.53 Å². The van der Waals surface area contributed by atoms with E-state index in [2.05, 4.69) is 0 Å². The van der Waals surface area contributed by atoms with Crippen LogP contribution >= 0.6 is 11.6 Å². The molecule has 1 heterocycles. The molecule has 0 bridgehead atoms. The lowest BCUT2D eigenvalue weighted by Gasteiger charge is -2.11. The van der Waals surface area contributed by atoms with Gasteiger partial charge in [0, 0.05) is 16.0 Å². The first kappa shape index (κ1) is 17.3. The summed E-state index contributed by atoms with van der Waals surface area (Å²) in [6, 6.07) is 24.1. The molecule has 0 spiro atoms. The number of para-hydroxylation sites is 1. The van der Waals surface area contributed by atoms with Crippen LogP contribution in [0.5, 0.6) is 5.75 Å². The first-order chi connectivity index (χ1) is 13.1. The maximum absolute atomic E-state index is 12.9. The first-order valence-electron chi connectivity index (χ1n) is 8.55. The van der Waals surface area contributed by atoms with Gasteiger partial charge < -0.3 is 4.74 Å². The Morgan fingerprint density at radius 3 is 2.41 bits per heavy atom. The highest BCUT2D eigenvalue weighted by Crippen LogP contribution is 2.27. The van der Waals surface area contributed by atoms with Crippen molar-refractivity contribution in [2.75, 3.05) is 0 Å². The predicted molar refractivity (Wildman–Crippen MR) is 108 cm³/mol. The number of esters is 1. The van der Waals surface area contributed by atoms with Crippen LogP contribution in [0.15, 0.2) is 78.9 Å². The van der Waals surface area contributed by atoms with Crippen LogP contribution in [-0.2, 0) is 0 Å². The maximum Gasteiger partial charge on any atom is 0.344 e. The average Bonchev–Trinajstić information content (AvgIpc) is 2.68. The van der Waals surface area contributed by atoms with E-state index in [4.69, 9.17) is 21.3 Å². The summed E-state index contributed by atoms with van der Waals surface area (Å²) in [4.78, 5) is 17.6. The zero-order valence-corrected chi connectivity index (χ0v) is 15.4. The van der Waals surface area contributed by atoms with Gasteiger partial charge in [0.05, 0.1) is 16.8 Å². The fourth-order valence-electron chi connectivity index (χ4n) is 2.93. The van der Waals surface area contributed by atoms with E-state index in [1.807, 2.05) is 55.5 Å². The molecule has 132 valence electrons. The second-order valence-corrected chi connectivity index (χ2v) is 6.72. The summed E-state index contributed by atoms with van der Waals surface area (Å²) < 4.78 is 5.57. The molecule has 1 aromatic heterocycles. The molecule has 0 atom stereocenters. The van der Waals surface area contributed by atoms with Crippen LogP contribution in [0.25, 0.3) is 22.2 Å². The van der Waals surface area contributed by atoms with Crippen LogP contribution in [0, 0.1) is 6.92 Å². The summed E-state index contributed by atoms with van der Waals surface area (Å²) in [5.41, 5.74) is 3.86. The van der Waals surface area contributed by atoms with Gasteiger partial charge in [-0.3, -0.25) is 0 Å². The smallest absolute Gasteiger partial charge is 0.344 e. The molecule has 3 aromatic carbocycles. The summed E-state index contributed by atoms with van der Waals surface area (Å²) >= 11 is 5.99. The predicted octanol–water partition coefficient (Wildman–Crippen LogP) is 6.08. The molecule has 4 aromatic rings. The molecule has 0 N–H and O–H groups in total. The standard InChI is InChI=1S/C23H16ClNO2/c1-15-7-12-21-19(13-15)20(23(26)27-18-5-3-2-4-6-18)14-22(25-21)16-8-10-17(24)11-9-16/h2-14H,1H3. The molecule has 4 heteroatoms. The van der Waals surface area contributed by atoms with Crippen LogP contribution in [0.2, 0.25) is 5.02 Å². The fourth-order valence-corrected chi connectivity index (χ4v) is 3.05. The monoisotopic (exact) mass is 373 g/mol. The summed E-state index contributed by atoms with van der Waals surface area (Å²) in [6.45, 7) is 1.98. The van der Waals surface area contributed by atoms with Crippen molar-refractivity contribution in [3.05, 3.63) is 95.0 Å². The summed E-state index contributed by atoms with van der Waals surface area (Å²) in [7, 11) is 0.